The number of aliphatic hydroxyl groups is 1. The molecule has 1 fully saturated rings. The van der Waals surface area contributed by atoms with E-state index in [1.165, 1.54) is 12.1 Å². The van der Waals surface area contributed by atoms with Crippen molar-refractivity contribution in [2.45, 2.75) is 25.5 Å². The number of rotatable bonds is 2. The third kappa shape index (κ3) is 2.88. The van der Waals surface area contributed by atoms with Crippen molar-refractivity contribution >= 4 is 17.7 Å². The Hall–Kier alpha value is -2.15. The van der Waals surface area contributed by atoms with Crippen LogP contribution in [-0.4, -0.2) is 45.8 Å². The highest BCUT2D eigenvalue weighted by molar-refractivity contribution is 5.93. The van der Waals surface area contributed by atoms with E-state index in [-0.39, 0.29) is 18.7 Å². The fraction of sp³-hybridized carbons (Fsp3) is 0.385. The van der Waals surface area contributed by atoms with Gasteiger partial charge in [-0.25, -0.2) is 14.0 Å². The van der Waals surface area contributed by atoms with E-state index in [2.05, 4.69) is 5.32 Å². The van der Waals surface area contributed by atoms with Gasteiger partial charge in [-0.3, -0.25) is 0 Å². The Bertz CT molecular complexity index is 549. The first-order chi connectivity index (χ1) is 9.38. The van der Waals surface area contributed by atoms with Crippen molar-refractivity contribution in [3.8, 4) is 0 Å². The number of amides is 2. The highest BCUT2D eigenvalue weighted by Gasteiger charge is 2.39. The van der Waals surface area contributed by atoms with Crippen molar-refractivity contribution < 1.29 is 24.2 Å². The quantitative estimate of drug-likeness (QED) is 0.760. The predicted molar refractivity (Wildman–Crippen MR) is 68.9 cm³/mol. The lowest BCUT2D eigenvalue weighted by molar-refractivity contribution is -0.141. The maximum absolute atomic E-state index is 13.6. The number of carbonyl (C=O) groups is 2. The number of halogens is 1. The van der Waals surface area contributed by atoms with Gasteiger partial charge in [0.1, 0.15) is 11.9 Å². The molecule has 0 aliphatic carbocycles. The van der Waals surface area contributed by atoms with Crippen LogP contribution < -0.4 is 5.32 Å². The van der Waals surface area contributed by atoms with Crippen molar-refractivity contribution in [2.24, 2.45) is 0 Å². The van der Waals surface area contributed by atoms with Gasteiger partial charge in [0.05, 0.1) is 11.8 Å². The van der Waals surface area contributed by atoms with Crippen LogP contribution in [0.2, 0.25) is 0 Å². The van der Waals surface area contributed by atoms with Crippen LogP contribution in [0.25, 0.3) is 0 Å². The largest absolute Gasteiger partial charge is 0.480 e. The Labute approximate surface area is 114 Å². The summed E-state index contributed by atoms with van der Waals surface area (Å²) in [6.45, 7) is 1.66. The first-order valence-electron chi connectivity index (χ1n) is 6.13. The Morgan fingerprint density at radius 3 is 2.80 bits per heavy atom. The number of carboxylic acid groups (broad SMARTS) is 1. The molecule has 108 valence electrons. The van der Waals surface area contributed by atoms with Crippen LogP contribution in [0.1, 0.15) is 12.0 Å². The van der Waals surface area contributed by atoms with Crippen LogP contribution in [0, 0.1) is 12.7 Å². The summed E-state index contributed by atoms with van der Waals surface area (Å²) in [5, 5.41) is 20.8. The molecule has 1 aliphatic heterocycles. The minimum absolute atomic E-state index is 0.0134. The SMILES string of the molecule is Cc1ccc(F)c(NC(=O)N2C[C@@H](O)C[C@H]2C(=O)O)c1. The Morgan fingerprint density at radius 2 is 2.15 bits per heavy atom. The number of benzene rings is 1. The standard InChI is InChI=1S/C13H15FN2O4/c1-7-2-3-9(14)10(4-7)15-13(20)16-6-8(17)5-11(16)12(18)19/h2-4,8,11,17H,5-6H2,1H3,(H,15,20)(H,18,19)/t8-,11-/m0/s1. The maximum atomic E-state index is 13.6. The Morgan fingerprint density at radius 1 is 1.45 bits per heavy atom. The molecule has 1 heterocycles. The summed E-state index contributed by atoms with van der Waals surface area (Å²) in [5.41, 5.74) is 0.749. The third-order valence-electron chi connectivity index (χ3n) is 3.19. The van der Waals surface area contributed by atoms with Gasteiger partial charge in [0.25, 0.3) is 0 Å². The van der Waals surface area contributed by atoms with E-state index in [1.807, 2.05) is 0 Å². The number of aliphatic carboxylic acids is 1. The van der Waals surface area contributed by atoms with Gasteiger partial charge in [-0.1, -0.05) is 6.07 Å². The molecule has 0 radical (unpaired) electrons. The summed E-state index contributed by atoms with van der Waals surface area (Å²) in [5.74, 6) is -1.79. The molecule has 1 aromatic rings. The second-order valence-electron chi connectivity index (χ2n) is 4.81. The molecule has 1 aromatic carbocycles. The zero-order valence-electron chi connectivity index (χ0n) is 10.8. The van der Waals surface area contributed by atoms with Gasteiger partial charge < -0.3 is 20.4 Å². The Balaban J connectivity index is 2.15. The number of nitrogens with one attached hydrogen (secondary N) is 1. The highest BCUT2D eigenvalue weighted by Crippen LogP contribution is 2.21. The number of carboxylic acids is 1. The molecule has 1 saturated heterocycles. The van der Waals surface area contributed by atoms with Crippen LogP contribution in [0.3, 0.4) is 0 Å². The molecule has 20 heavy (non-hydrogen) atoms. The lowest BCUT2D eigenvalue weighted by Gasteiger charge is -2.21. The third-order valence-corrected chi connectivity index (χ3v) is 3.19. The van der Waals surface area contributed by atoms with Crippen molar-refractivity contribution in [2.75, 3.05) is 11.9 Å². The first kappa shape index (κ1) is 14.3. The highest BCUT2D eigenvalue weighted by atomic mass is 19.1. The van der Waals surface area contributed by atoms with Crippen molar-refractivity contribution in [1.29, 1.82) is 0 Å². The predicted octanol–water partition coefficient (Wildman–Crippen LogP) is 1.19. The van der Waals surface area contributed by atoms with E-state index in [4.69, 9.17) is 5.11 Å². The molecular formula is C13H15FN2O4. The molecule has 2 atom stereocenters. The molecular weight excluding hydrogens is 267 g/mol. The van der Waals surface area contributed by atoms with Crippen LogP contribution in [0.15, 0.2) is 18.2 Å². The van der Waals surface area contributed by atoms with Crippen LogP contribution >= 0.6 is 0 Å². The zero-order chi connectivity index (χ0) is 14.9. The van der Waals surface area contributed by atoms with E-state index in [0.717, 1.165) is 10.5 Å². The number of β-amino-alcohol motifs (C(OH)–C–C–N with tert-alkyl or cyclic N) is 1. The van der Waals surface area contributed by atoms with E-state index in [0.29, 0.717) is 0 Å². The number of nitrogens with zero attached hydrogens (tertiary/aromatic N) is 1. The molecule has 0 bridgehead atoms. The van der Waals surface area contributed by atoms with Gasteiger partial charge in [-0.05, 0) is 24.6 Å². The van der Waals surface area contributed by atoms with E-state index < -0.39 is 30.0 Å². The lowest BCUT2D eigenvalue weighted by Crippen LogP contribution is -2.43. The van der Waals surface area contributed by atoms with Gasteiger partial charge in [0.2, 0.25) is 0 Å². The zero-order valence-corrected chi connectivity index (χ0v) is 10.8. The number of hydrogen-bond acceptors (Lipinski definition) is 3. The molecule has 1 aliphatic rings. The molecule has 2 rings (SSSR count). The van der Waals surface area contributed by atoms with E-state index in [9.17, 15) is 19.1 Å². The number of aliphatic hydroxyl groups excluding tert-OH is 1. The number of likely N-dealkylation sites (tertiary alicyclic amines) is 1. The molecule has 0 saturated carbocycles. The summed E-state index contributed by atoms with van der Waals surface area (Å²) in [6, 6.07) is 2.40. The maximum Gasteiger partial charge on any atom is 0.326 e. The molecule has 7 heteroatoms. The molecule has 6 nitrogen and oxygen atoms in total. The number of anilines is 1. The van der Waals surface area contributed by atoms with Gasteiger partial charge in [0.15, 0.2) is 0 Å². The average Bonchev–Trinajstić information content (AvgIpc) is 2.76. The first-order valence-corrected chi connectivity index (χ1v) is 6.13. The summed E-state index contributed by atoms with van der Waals surface area (Å²) in [4.78, 5) is 24.0. The smallest absolute Gasteiger partial charge is 0.326 e. The Kier molecular flexibility index (Phi) is 3.89. The topological polar surface area (TPSA) is 89.9 Å². The second kappa shape index (κ2) is 5.46. The monoisotopic (exact) mass is 282 g/mol. The number of carbonyl (C=O) groups excluding carboxylic acids is 1. The second-order valence-corrected chi connectivity index (χ2v) is 4.81. The number of urea groups is 1. The molecule has 3 N–H and O–H groups in total. The van der Waals surface area contributed by atoms with Gasteiger partial charge >= 0.3 is 12.0 Å². The number of hydrogen-bond donors (Lipinski definition) is 3. The van der Waals surface area contributed by atoms with E-state index >= 15 is 0 Å². The molecule has 2 amide bonds. The summed E-state index contributed by atoms with van der Waals surface area (Å²) >= 11 is 0. The molecule has 0 spiro atoms. The lowest BCUT2D eigenvalue weighted by atomic mass is 10.2. The minimum atomic E-state index is -1.19. The average molecular weight is 282 g/mol. The minimum Gasteiger partial charge on any atom is -0.480 e. The normalized spacial score (nSPS) is 21.9. The number of aryl methyl sites for hydroxylation is 1. The fourth-order valence-electron chi connectivity index (χ4n) is 2.19. The van der Waals surface area contributed by atoms with Crippen LogP contribution in [0.5, 0.6) is 0 Å². The van der Waals surface area contributed by atoms with Gasteiger partial charge in [-0.2, -0.15) is 0 Å². The summed E-state index contributed by atoms with van der Waals surface area (Å²) in [7, 11) is 0. The van der Waals surface area contributed by atoms with Crippen LogP contribution in [0.4, 0.5) is 14.9 Å². The van der Waals surface area contributed by atoms with Gasteiger partial charge in [-0.15, -0.1) is 0 Å². The van der Waals surface area contributed by atoms with Crippen molar-refractivity contribution in [3.63, 3.8) is 0 Å². The summed E-state index contributed by atoms with van der Waals surface area (Å²) < 4.78 is 13.6. The van der Waals surface area contributed by atoms with E-state index in [1.54, 1.807) is 13.0 Å². The van der Waals surface area contributed by atoms with Gasteiger partial charge in [0, 0.05) is 13.0 Å². The van der Waals surface area contributed by atoms with Crippen molar-refractivity contribution in [3.05, 3.63) is 29.6 Å². The van der Waals surface area contributed by atoms with Crippen LogP contribution in [-0.2, 0) is 4.79 Å². The fourth-order valence-corrected chi connectivity index (χ4v) is 2.19. The summed E-state index contributed by atoms with van der Waals surface area (Å²) in [6.07, 6.45) is -0.914. The van der Waals surface area contributed by atoms with Crippen molar-refractivity contribution in [1.82, 2.24) is 4.90 Å². The molecule has 0 aromatic heterocycles. The molecule has 0 unspecified atom stereocenters.